The maximum atomic E-state index is 12.3. The van der Waals surface area contributed by atoms with Crippen molar-refractivity contribution >= 4 is 22.6 Å². The summed E-state index contributed by atoms with van der Waals surface area (Å²) >= 11 is 0. The fourth-order valence-electron chi connectivity index (χ4n) is 5.09. The number of amides is 2. The molecule has 0 atom stereocenters. The van der Waals surface area contributed by atoms with Gasteiger partial charge in [0.15, 0.2) is 5.82 Å². The smallest absolute Gasteiger partial charge is 0.319 e. The van der Waals surface area contributed by atoms with Gasteiger partial charge in [-0.15, -0.1) is 0 Å². The van der Waals surface area contributed by atoms with Gasteiger partial charge >= 0.3 is 6.03 Å². The molecule has 0 bridgehead atoms. The topological polar surface area (TPSA) is 94.2 Å². The van der Waals surface area contributed by atoms with Crippen molar-refractivity contribution in [3.8, 4) is 28.5 Å². The monoisotopic (exact) mass is 485 g/mol. The summed E-state index contributed by atoms with van der Waals surface area (Å²) in [5, 5.41) is 11.1. The summed E-state index contributed by atoms with van der Waals surface area (Å²) in [6, 6.07) is 14.8. The molecule has 8 heteroatoms. The Balaban J connectivity index is 1.45. The minimum atomic E-state index is -0.151. The van der Waals surface area contributed by atoms with E-state index in [1.165, 1.54) is 12.8 Å². The van der Waals surface area contributed by atoms with Gasteiger partial charge in [0.1, 0.15) is 5.75 Å². The molecule has 2 heterocycles. The van der Waals surface area contributed by atoms with Crippen LogP contribution in [0.5, 0.6) is 5.75 Å². The van der Waals surface area contributed by atoms with Crippen LogP contribution in [0.2, 0.25) is 0 Å². The van der Waals surface area contributed by atoms with Crippen molar-refractivity contribution in [3.63, 3.8) is 0 Å². The molecule has 0 unspecified atom stereocenters. The van der Waals surface area contributed by atoms with Crippen LogP contribution >= 0.6 is 0 Å². The zero-order chi connectivity index (χ0) is 24.6. The zero-order valence-corrected chi connectivity index (χ0v) is 20.7. The van der Waals surface area contributed by atoms with Gasteiger partial charge in [0.05, 0.1) is 23.4 Å². The molecule has 2 aromatic heterocycles. The van der Waals surface area contributed by atoms with Crippen LogP contribution in [-0.4, -0.2) is 33.4 Å². The second-order valence-electron chi connectivity index (χ2n) is 9.74. The van der Waals surface area contributed by atoms with Crippen LogP contribution in [-0.2, 0) is 0 Å². The van der Waals surface area contributed by atoms with E-state index in [4.69, 9.17) is 9.26 Å². The highest BCUT2D eigenvalue weighted by Gasteiger charge is 2.30. The van der Waals surface area contributed by atoms with E-state index in [0.717, 1.165) is 64.8 Å². The SMILES string of the molecule is CCOc1ccc2c(-c3nc(C)no3)c(-c3ccc(NC(=O)NC4CCC4)cc3)n(C3CCC3)c2c1. The molecule has 2 aliphatic carbocycles. The van der Waals surface area contributed by atoms with Gasteiger partial charge in [0, 0.05) is 29.2 Å². The van der Waals surface area contributed by atoms with Gasteiger partial charge in [0.2, 0.25) is 0 Å². The first-order chi connectivity index (χ1) is 17.6. The highest BCUT2D eigenvalue weighted by molar-refractivity contribution is 6.03. The van der Waals surface area contributed by atoms with E-state index in [0.29, 0.717) is 30.4 Å². The lowest BCUT2D eigenvalue weighted by Gasteiger charge is -2.30. The van der Waals surface area contributed by atoms with Gasteiger partial charge in [-0.05, 0) is 82.2 Å². The van der Waals surface area contributed by atoms with Crippen LogP contribution in [0.3, 0.4) is 0 Å². The molecule has 2 aliphatic rings. The molecular formula is C28H31N5O3. The summed E-state index contributed by atoms with van der Waals surface area (Å²) in [6.07, 6.45) is 6.76. The molecule has 186 valence electrons. The number of carbonyl (C=O) groups excluding carboxylic acids is 1. The van der Waals surface area contributed by atoms with Crippen LogP contribution in [0.4, 0.5) is 10.5 Å². The summed E-state index contributed by atoms with van der Waals surface area (Å²) in [7, 11) is 0. The Morgan fingerprint density at radius 2 is 1.89 bits per heavy atom. The number of nitrogens with one attached hydrogen (secondary N) is 2. The molecule has 0 aliphatic heterocycles. The van der Waals surface area contributed by atoms with Crippen LogP contribution < -0.4 is 15.4 Å². The van der Waals surface area contributed by atoms with Gasteiger partial charge in [-0.2, -0.15) is 4.98 Å². The third-order valence-corrected chi connectivity index (χ3v) is 7.32. The first kappa shape index (κ1) is 22.6. The van der Waals surface area contributed by atoms with E-state index in [2.05, 4.69) is 49.6 Å². The number of hydrogen-bond acceptors (Lipinski definition) is 5. The number of ether oxygens (including phenoxy) is 1. The number of fused-ring (bicyclic) bond motifs is 1. The van der Waals surface area contributed by atoms with Crippen molar-refractivity contribution < 1.29 is 14.1 Å². The Kier molecular flexibility index (Phi) is 5.87. The minimum absolute atomic E-state index is 0.151. The largest absolute Gasteiger partial charge is 0.494 e. The zero-order valence-electron chi connectivity index (χ0n) is 20.7. The Morgan fingerprint density at radius 1 is 1.11 bits per heavy atom. The van der Waals surface area contributed by atoms with Crippen LogP contribution in [0, 0.1) is 6.92 Å². The third kappa shape index (κ3) is 4.10. The molecular weight excluding hydrogens is 454 g/mol. The molecule has 36 heavy (non-hydrogen) atoms. The van der Waals surface area contributed by atoms with Crippen molar-refractivity contribution in [2.75, 3.05) is 11.9 Å². The molecule has 2 fully saturated rings. The lowest BCUT2D eigenvalue weighted by molar-refractivity contribution is 0.240. The number of nitrogens with zero attached hydrogens (tertiary/aromatic N) is 3. The maximum Gasteiger partial charge on any atom is 0.319 e. The number of carbonyl (C=O) groups is 1. The Bertz CT molecular complexity index is 1400. The fourth-order valence-corrected chi connectivity index (χ4v) is 5.09. The van der Waals surface area contributed by atoms with Gasteiger partial charge in [-0.1, -0.05) is 17.3 Å². The maximum absolute atomic E-state index is 12.3. The molecule has 0 saturated heterocycles. The lowest BCUT2D eigenvalue weighted by Crippen LogP contribution is -2.41. The Labute approximate surface area is 210 Å². The highest BCUT2D eigenvalue weighted by Crippen LogP contribution is 2.47. The minimum Gasteiger partial charge on any atom is -0.494 e. The van der Waals surface area contributed by atoms with Crippen LogP contribution in [0.15, 0.2) is 47.0 Å². The van der Waals surface area contributed by atoms with Crippen molar-refractivity contribution in [3.05, 3.63) is 48.3 Å². The summed E-state index contributed by atoms with van der Waals surface area (Å²) < 4.78 is 14.0. The average Bonchev–Trinajstić information content (AvgIpc) is 3.37. The van der Waals surface area contributed by atoms with Crippen LogP contribution in [0.1, 0.15) is 57.3 Å². The molecule has 0 spiro atoms. The van der Waals surface area contributed by atoms with Crippen molar-refractivity contribution in [1.82, 2.24) is 20.0 Å². The van der Waals surface area contributed by atoms with Gasteiger partial charge in [-0.25, -0.2) is 4.79 Å². The second kappa shape index (κ2) is 9.33. The number of anilines is 1. The summed E-state index contributed by atoms with van der Waals surface area (Å²) in [5.41, 5.74) is 4.89. The predicted octanol–water partition coefficient (Wildman–Crippen LogP) is 6.46. The third-order valence-electron chi connectivity index (χ3n) is 7.32. The van der Waals surface area contributed by atoms with Crippen LogP contribution in [0.25, 0.3) is 33.6 Å². The number of aromatic nitrogens is 3. The number of benzene rings is 2. The lowest BCUT2D eigenvalue weighted by atomic mass is 9.92. The molecule has 8 nitrogen and oxygen atoms in total. The van der Waals surface area contributed by atoms with Crippen molar-refractivity contribution in [2.24, 2.45) is 0 Å². The summed E-state index contributed by atoms with van der Waals surface area (Å²) in [6.45, 7) is 4.44. The Hall–Kier alpha value is -3.81. The average molecular weight is 486 g/mol. The van der Waals surface area contributed by atoms with Gasteiger partial charge < -0.3 is 24.5 Å². The molecule has 0 radical (unpaired) electrons. The van der Waals surface area contributed by atoms with Crippen molar-refractivity contribution in [1.29, 1.82) is 0 Å². The molecule has 6 rings (SSSR count). The van der Waals surface area contributed by atoms with E-state index >= 15 is 0 Å². The number of urea groups is 1. The molecule has 2 aromatic carbocycles. The first-order valence-corrected chi connectivity index (χ1v) is 12.9. The second-order valence-corrected chi connectivity index (χ2v) is 9.74. The molecule has 2 amide bonds. The fraction of sp³-hybridized carbons (Fsp3) is 0.393. The van der Waals surface area contributed by atoms with E-state index in [-0.39, 0.29) is 6.03 Å². The first-order valence-electron chi connectivity index (χ1n) is 12.9. The van der Waals surface area contributed by atoms with Gasteiger partial charge in [0.25, 0.3) is 5.89 Å². The van der Waals surface area contributed by atoms with Gasteiger partial charge in [-0.3, -0.25) is 0 Å². The van der Waals surface area contributed by atoms with E-state index in [1.54, 1.807) is 0 Å². The van der Waals surface area contributed by atoms with E-state index < -0.39 is 0 Å². The number of aryl methyl sites for hydroxylation is 1. The normalized spacial score (nSPS) is 15.9. The standard InChI is InChI=1S/C28H31N5O3/c1-3-35-22-14-15-23-24(16-22)33(21-8-5-9-21)26(25(23)27-29-17(2)32-36-27)18-10-12-20(13-11-18)31-28(34)30-19-6-4-7-19/h10-16,19,21H,3-9H2,1-2H3,(H2,30,31,34). The molecule has 2 N–H and O–H groups in total. The predicted molar refractivity (Wildman–Crippen MR) is 139 cm³/mol. The number of rotatable bonds is 7. The quantitative estimate of drug-likeness (QED) is 0.313. The molecule has 4 aromatic rings. The number of hydrogen-bond donors (Lipinski definition) is 2. The Morgan fingerprint density at radius 3 is 2.50 bits per heavy atom. The van der Waals surface area contributed by atoms with E-state index in [9.17, 15) is 4.79 Å². The van der Waals surface area contributed by atoms with Crippen molar-refractivity contribution in [2.45, 2.75) is 64.5 Å². The molecule has 2 saturated carbocycles. The summed E-state index contributed by atoms with van der Waals surface area (Å²) in [5.74, 6) is 1.96. The van der Waals surface area contributed by atoms with E-state index in [1.807, 2.05) is 32.0 Å². The highest BCUT2D eigenvalue weighted by atomic mass is 16.5. The summed E-state index contributed by atoms with van der Waals surface area (Å²) in [4.78, 5) is 16.9.